The van der Waals surface area contributed by atoms with Gasteiger partial charge in [0.1, 0.15) is 0 Å². The lowest BCUT2D eigenvalue weighted by atomic mass is 10.2. The van der Waals surface area contributed by atoms with E-state index >= 15 is 0 Å². The number of nitrogens with one attached hydrogen (secondary N) is 1. The Morgan fingerprint density at radius 3 is 2.11 bits per heavy atom. The third-order valence-corrected chi connectivity index (χ3v) is 1.38. The van der Waals surface area contributed by atoms with Crippen LogP contribution < -0.4 is 11.1 Å². The molecule has 0 unspecified atom stereocenters. The second-order valence-electron chi connectivity index (χ2n) is 2.31. The number of hydrogen-bond acceptors (Lipinski definition) is 2. The molecule has 0 aromatic rings. The van der Waals surface area contributed by atoms with Crippen molar-refractivity contribution < 1.29 is 0 Å². The minimum atomic E-state index is 0. The molecule has 1 aliphatic rings. The van der Waals surface area contributed by atoms with Crippen molar-refractivity contribution >= 4 is 34.0 Å². The summed E-state index contributed by atoms with van der Waals surface area (Å²) in [5, 5.41) is 3.24. The van der Waals surface area contributed by atoms with Crippen LogP contribution in [0, 0.1) is 0 Å². The number of hydrogen-bond donors (Lipinski definition) is 2. The standard InChI is InChI=1S/C5H12N2.2BrH/c1-4-2-5(6)3-7-4;;/h4-5,7H,2-3,6H2,1H3;2*1H/t4-,5-;;/m1../s1. The SMILES string of the molecule is Br.Br.C[C@@H]1C[C@@H](N)CN1. The predicted octanol–water partition coefficient (Wildman–Crippen LogP) is 0.851. The summed E-state index contributed by atoms with van der Waals surface area (Å²) in [5.41, 5.74) is 5.56. The van der Waals surface area contributed by atoms with Gasteiger partial charge in [-0.1, -0.05) is 0 Å². The van der Waals surface area contributed by atoms with Gasteiger partial charge in [-0.05, 0) is 13.3 Å². The van der Waals surface area contributed by atoms with Gasteiger partial charge in [-0.15, -0.1) is 34.0 Å². The molecule has 0 aliphatic carbocycles. The van der Waals surface area contributed by atoms with E-state index in [0.29, 0.717) is 12.1 Å². The van der Waals surface area contributed by atoms with Crippen LogP contribution in [0.5, 0.6) is 0 Å². The second kappa shape index (κ2) is 5.65. The van der Waals surface area contributed by atoms with Crippen LogP contribution in [0.25, 0.3) is 0 Å². The topological polar surface area (TPSA) is 38.0 Å². The van der Waals surface area contributed by atoms with E-state index in [9.17, 15) is 0 Å². The van der Waals surface area contributed by atoms with Crippen LogP contribution >= 0.6 is 34.0 Å². The molecule has 2 nitrogen and oxygen atoms in total. The Bertz CT molecular complexity index is 62.0. The van der Waals surface area contributed by atoms with Crippen molar-refractivity contribution in [1.82, 2.24) is 5.32 Å². The third kappa shape index (κ3) is 4.31. The Labute approximate surface area is 77.1 Å². The molecule has 1 aliphatic heterocycles. The Balaban J connectivity index is 0. The zero-order valence-electron chi connectivity index (χ0n) is 5.46. The highest BCUT2D eigenvalue weighted by Crippen LogP contribution is 2.01. The summed E-state index contributed by atoms with van der Waals surface area (Å²) in [7, 11) is 0. The van der Waals surface area contributed by atoms with Crippen molar-refractivity contribution in [3.05, 3.63) is 0 Å². The van der Waals surface area contributed by atoms with Gasteiger partial charge in [0, 0.05) is 18.6 Å². The molecule has 1 rings (SSSR count). The molecule has 3 N–H and O–H groups in total. The molecule has 9 heavy (non-hydrogen) atoms. The van der Waals surface area contributed by atoms with Gasteiger partial charge in [0.25, 0.3) is 0 Å². The zero-order valence-corrected chi connectivity index (χ0v) is 8.89. The van der Waals surface area contributed by atoms with Gasteiger partial charge < -0.3 is 11.1 Å². The average Bonchev–Trinajstić information content (AvgIpc) is 1.87. The highest BCUT2D eigenvalue weighted by Gasteiger charge is 2.15. The molecule has 4 heteroatoms. The van der Waals surface area contributed by atoms with Gasteiger partial charge in [-0.3, -0.25) is 0 Å². The Morgan fingerprint density at radius 1 is 1.44 bits per heavy atom. The van der Waals surface area contributed by atoms with Crippen LogP contribution in [0.3, 0.4) is 0 Å². The van der Waals surface area contributed by atoms with Crippen molar-refractivity contribution in [2.45, 2.75) is 25.4 Å². The van der Waals surface area contributed by atoms with Crippen LogP contribution in [0.4, 0.5) is 0 Å². The van der Waals surface area contributed by atoms with E-state index in [1.54, 1.807) is 0 Å². The van der Waals surface area contributed by atoms with Crippen LogP contribution in [0.15, 0.2) is 0 Å². The molecule has 0 spiro atoms. The molecule has 1 heterocycles. The smallest absolute Gasteiger partial charge is 0.0180 e. The van der Waals surface area contributed by atoms with Crippen LogP contribution in [-0.2, 0) is 0 Å². The maximum Gasteiger partial charge on any atom is 0.0180 e. The Morgan fingerprint density at radius 2 is 2.00 bits per heavy atom. The van der Waals surface area contributed by atoms with E-state index in [4.69, 9.17) is 5.73 Å². The third-order valence-electron chi connectivity index (χ3n) is 1.38. The molecular formula is C5H14Br2N2. The molecule has 0 aromatic carbocycles. The highest BCUT2D eigenvalue weighted by molar-refractivity contribution is 8.93. The summed E-state index contributed by atoms with van der Waals surface area (Å²) in [4.78, 5) is 0. The van der Waals surface area contributed by atoms with Crippen LogP contribution in [-0.4, -0.2) is 18.6 Å². The Kier molecular flexibility index (Phi) is 7.87. The molecule has 0 radical (unpaired) electrons. The normalized spacial score (nSPS) is 32.7. The molecular weight excluding hydrogens is 248 g/mol. The van der Waals surface area contributed by atoms with E-state index in [1.807, 2.05) is 0 Å². The largest absolute Gasteiger partial charge is 0.326 e. The molecule has 58 valence electrons. The summed E-state index contributed by atoms with van der Waals surface area (Å²) in [6.45, 7) is 3.16. The molecule has 1 saturated heterocycles. The maximum absolute atomic E-state index is 5.56. The highest BCUT2D eigenvalue weighted by atomic mass is 79.9. The first-order valence-electron chi connectivity index (χ1n) is 2.78. The van der Waals surface area contributed by atoms with E-state index < -0.39 is 0 Å². The first-order chi connectivity index (χ1) is 3.29. The first-order valence-corrected chi connectivity index (χ1v) is 2.78. The zero-order chi connectivity index (χ0) is 5.28. The fourth-order valence-electron chi connectivity index (χ4n) is 0.973. The minimum Gasteiger partial charge on any atom is -0.326 e. The van der Waals surface area contributed by atoms with Gasteiger partial charge in [-0.25, -0.2) is 0 Å². The van der Waals surface area contributed by atoms with Crippen molar-refractivity contribution in [3.8, 4) is 0 Å². The van der Waals surface area contributed by atoms with Crippen molar-refractivity contribution in [2.75, 3.05) is 6.54 Å². The second-order valence-corrected chi connectivity index (χ2v) is 2.31. The van der Waals surface area contributed by atoms with Crippen LogP contribution in [0.2, 0.25) is 0 Å². The molecule has 0 aromatic heterocycles. The first kappa shape index (κ1) is 12.5. The fraction of sp³-hybridized carbons (Fsp3) is 1.00. The number of rotatable bonds is 0. The quantitative estimate of drug-likeness (QED) is 0.679. The Hall–Kier alpha value is 0.880. The molecule has 0 bridgehead atoms. The summed E-state index contributed by atoms with van der Waals surface area (Å²) in [5.74, 6) is 0. The monoisotopic (exact) mass is 260 g/mol. The predicted molar refractivity (Wildman–Crippen MR) is 50.7 cm³/mol. The number of halogens is 2. The van der Waals surface area contributed by atoms with Gasteiger partial charge in [0.05, 0.1) is 0 Å². The lowest BCUT2D eigenvalue weighted by Crippen LogP contribution is -2.22. The minimum absolute atomic E-state index is 0. The van der Waals surface area contributed by atoms with Gasteiger partial charge >= 0.3 is 0 Å². The van der Waals surface area contributed by atoms with Crippen molar-refractivity contribution in [3.63, 3.8) is 0 Å². The molecule has 2 atom stereocenters. The summed E-state index contributed by atoms with van der Waals surface area (Å²) < 4.78 is 0. The molecule has 1 fully saturated rings. The van der Waals surface area contributed by atoms with E-state index in [2.05, 4.69) is 12.2 Å². The number of nitrogens with two attached hydrogens (primary N) is 1. The van der Waals surface area contributed by atoms with Crippen molar-refractivity contribution in [2.24, 2.45) is 5.73 Å². The maximum atomic E-state index is 5.56. The fourth-order valence-corrected chi connectivity index (χ4v) is 0.973. The summed E-state index contributed by atoms with van der Waals surface area (Å²) >= 11 is 0. The molecule has 0 saturated carbocycles. The van der Waals surface area contributed by atoms with E-state index in [1.165, 1.54) is 0 Å². The average molecular weight is 262 g/mol. The van der Waals surface area contributed by atoms with E-state index in [0.717, 1.165) is 13.0 Å². The lowest BCUT2D eigenvalue weighted by Gasteiger charge is -1.96. The summed E-state index contributed by atoms with van der Waals surface area (Å²) in [6, 6.07) is 1.06. The van der Waals surface area contributed by atoms with Crippen LogP contribution in [0.1, 0.15) is 13.3 Å². The molecule has 0 amide bonds. The van der Waals surface area contributed by atoms with Gasteiger partial charge in [0.15, 0.2) is 0 Å². The van der Waals surface area contributed by atoms with E-state index in [-0.39, 0.29) is 34.0 Å². The van der Waals surface area contributed by atoms with Gasteiger partial charge in [-0.2, -0.15) is 0 Å². The van der Waals surface area contributed by atoms with Gasteiger partial charge in [0.2, 0.25) is 0 Å². The summed E-state index contributed by atoms with van der Waals surface area (Å²) in [6.07, 6.45) is 1.14. The lowest BCUT2D eigenvalue weighted by molar-refractivity contribution is 0.657. The van der Waals surface area contributed by atoms with Crippen molar-refractivity contribution in [1.29, 1.82) is 0 Å².